The third-order valence-electron chi connectivity index (χ3n) is 3.43. The number of carbonyl (C=O) groups is 1. The van der Waals surface area contributed by atoms with Gasteiger partial charge in [-0.2, -0.15) is 0 Å². The maximum Gasteiger partial charge on any atom is 0.227 e. The summed E-state index contributed by atoms with van der Waals surface area (Å²) in [6.07, 6.45) is 0.136. The predicted octanol–water partition coefficient (Wildman–Crippen LogP) is 4.27. The van der Waals surface area contributed by atoms with Crippen LogP contribution in [0.5, 0.6) is 0 Å². The van der Waals surface area contributed by atoms with Gasteiger partial charge in [0.1, 0.15) is 6.17 Å². The molecule has 0 aliphatic rings. The molecule has 3 aromatic rings. The number of hydrogen-bond donors (Lipinski definition) is 1. The monoisotopic (exact) mass is 294 g/mol. The maximum atomic E-state index is 14.1. The van der Waals surface area contributed by atoms with Crippen LogP contribution in [0.1, 0.15) is 18.2 Å². The molecular formula is C18H15FN2O. The smallest absolute Gasteiger partial charge is 0.227 e. The molecule has 3 nitrogen and oxygen atoms in total. The summed E-state index contributed by atoms with van der Waals surface area (Å²) in [6, 6.07) is 18.0. The number of halogens is 1. The number of aromatic nitrogens is 1. The van der Waals surface area contributed by atoms with Gasteiger partial charge in [0.15, 0.2) is 0 Å². The summed E-state index contributed by atoms with van der Waals surface area (Å²) in [7, 11) is 0. The Hall–Kier alpha value is -2.75. The molecule has 3 rings (SSSR count). The van der Waals surface area contributed by atoms with E-state index in [4.69, 9.17) is 0 Å². The van der Waals surface area contributed by atoms with Crippen LogP contribution in [-0.2, 0) is 4.79 Å². The molecule has 1 aromatic heterocycles. The van der Waals surface area contributed by atoms with Crippen LogP contribution in [0.15, 0.2) is 66.9 Å². The van der Waals surface area contributed by atoms with E-state index in [1.807, 2.05) is 30.3 Å². The van der Waals surface area contributed by atoms with Gasteiger partial charge in [0, 0.05) is 11.6 Å². The Morgan fingerprint density at radius 1 is 1.05 bits per heavy atom. The highest BCUT2D eigenvalue weighted by atomic mass is 19.1. The average molecular weight is 294 g/mol. The Bertz CT molecular complexity index is 784. The van der Waals surface area contributed by atoms with E-state index >= 15 is 0 Å². The lowest BCUT2D eigenvalue weighted by atomic mass is 10.1. The third-order valence-corrected chi connectivity index (χ3v) is 3.43. The first-order chi connectivity index (χ1) is 10.7. The first kappa shape index (κ1) is 14.2. The number of alkyl halides is 1. The number of hydrogen-bond acceptors (Lipinski definition) is 2. The number of benzene rings is 2. The molecule has 22 heavy (non-hydrogen) atoms. The summed E-state index contributed by atoms with van der Waals surface area (Å²) in [4.78, 5) is 16.3. The molecule has 1 amide bonds. The zero-order chi connectivity index (χ0) is 15.4. The highest BCUT2D eigenvalue weighted by Crippen LogP contribution is 2.24. The maximum absolute atomic E-state index is 14.1. The van der Waals surface area contributed by atoms with Crippen LogP contribution in [0, 0.1) is 0 Å². The topological polar surface area (TPSA) is 42.0 Å². The molecule has 4 heteroatoms. The summed E-state index contributed by atoms with van der Waals surface area (Å²) in [6.45, 7) is 0. The molecule has 110 valence electrons. The van der Waals surface area contributed by atoms with Crippen LogP contribution in [0.2, 0.25) is 0 Å². The summed E-state index contributed by atoms with van der Waals surface area (Å²) in [5, 5.41) is 3.67. The summed E-state index contributed by atoms with van der Waals surface area (Å²) in [5.74, 6) is -0.366. The predicted molar refractivity (Wildman–Crippen MR) is 85.3 cm³/mol. The number of pyridine rings is 1. The van der Waals surface area contributed by atoms with Crippen LogP contribution >= 0.6 is 0 Å². The minimum atomic E-state index is -1.32. The van der Waals surface area contributed by atoms with Crippen LogP contribution < -0.4 is 5.32 Å². The van der Waals surface area contributed by atoms with Crippen molar-refractivity contribution in [3.05, 3.63) is 72.4 Å². The van der Waals surface area contributed by atoms with Gasteiger partial charge in [-0.05, 0) is 17.7 Å². The fourth-order valence-corrected chi connectivity index (χ4v) is 2.35. The average Bonchev–Trinajstić information content (AvgIpc) is 2.56. The minimum Gasteiger partial charge on any atom is -0.324 e. The van der Waals surface area contributed by atoms with E-state index in [1.165, 1.54) is 0 Å². The Balaban J connectivity index is 1.74. The molecule has 0 bridgehead atoms. The largest absolute Gasteiger partial charge is 0.324 e. The van der Waals surface area contributed by atoms with Gasteiger partial charge < -0.3 is 5.32 Å². The lowest BCUT2D eigenvalue weighted by molar-refractivity contribution is -0.117. The molecular weight excluding hydrogens is 279 g/mol. The Labute approximate surface area is 127 Å². The summed E-state index contributed by atoms with van der Waals surface area (Å²) >= 11 is 0. The zero-order valence-corrected chi connectivity index (χ0v) is 11.9. The lowest BCUT2D eigenvalue weighted by Crippen LogP contribution is -2.14. The lowest BCUT2D eigenvalue weighted by Gasteiger charge is -2.10. The second-order valence-corrected chi connectivity index (χ2v) is 5.01. The van der Waals surface area contributed by atoms with Gasteiger partial charge in [0.2, 0.25) is 5.91 Å². The molecule has 0 saturated carbocycles. The highest BCUT2D eigenvalue weighted by Gasteiger charge is 2.15. The van der Waals surface area contributed by atoms with E-state index in [1.54, 1.807) is 36.5 Å². The van der Waals surface area contributed by atoms with Gasteiger partial charge in [0.05, 0.1) is 17.6 Å². The van der Waals surface area contributed by atoms with Gasteiger partial charge >= 0.3 is 0 Å². The Morgan fingerprint density at radius 2 is 1.82 bits per heavy atom. The van der Waals surface area contributed by atoms with Gasteiger partial charge in [0.25, 0.3) is 0 Å². The Morgan fingerprint density at radius 3 is 2.64 bits per heavy atom. The standard InChI is InChI=1S/C18H15FN2O/c19-15(13-6-2-1-3-7-13)12-17(22)21-16-10-4-8-14-9-5-11-20-18(14)16/h1-11,15H,12H2,(H,21,22). The fraction of sp³-hybridized carbons (Fsp3) is 0.111. The number of para-hydroxylation sites is 1. The summed E-state index contributed by atoms with van der Waals surface area (Å²) < 4.78 is 14.1. The molecule has 0 radical (unpaired) electrons. The van der Waals surface area contributed by atoms with E-state index in [0.717, 1.165) is 5.39 Å². The second-order valence-electron chi connectivity index (χ2n) is 5.01. The molecule has 0 aliphatic heterocycles. The van der Waals surface area contributed by atoms with Crippen molar-refractivity contribution in [3.63, 3.8) is 0 Å². The highest BCUT2D eigenvalue weighted by molar-refractivity contribution is 6.00. The van der Waals surface area contributed by atoms with E-state index in [2.05, 4.69) is 10.3 Å². The molecule has 2 aromatic carbocycles. The number of fused-ring (bicyclic) bond motifs is 1. The van der Waals surface area contributed by atoms with Crippen LogP contribution in [0.3, 0.4) is 0 Å². The van der Waals surface area contributed by atoms with Gasteiger partial charge in [-0.3, -0.25) is 9.78 Å². The first-order valence-corrected chi connectivity index (χ1v) is 7.06. The SMILES string of the molecule is O=C(CC(F)c1ccccc1)Nc1cccc2cccnc12. The van der Waals surface area contributed by atoms with Crippen LogP contribution in [0.25, 0.3) is 10.9 Å². The molecule has 1 atom stereocenters. The van der Waals surface area contributed by atoms with E-state index in [0.29, 0.717) is 16.8 Å². The number of nitrogens with one attached hydrogen (secondary N) is 1. The van der Waals surface area contributed by atoms with Crippen molar-refractivity contribution in [1.82, 2.24) is 4.98 Å². The molecule has 0 fully saturated rings. The number of nitrogens with zero attached hydrogens (tertiary/aromatic N) is 1. The minimum absolute atomic E-state index is 0.215. The quantitative estimate of drug-likeness (QED) is 0.780. The van der Waals surface area contributed by atoms with Crippen molar-refractivity contribution >= 4 is 22.5 Å². The van der Waals surface area contributed by atoms with Gasteiger partial charge in [-0.25, -0.2) is 4.39 Å². The fourth-order valence-electron chi connectivity index (χ4n) is 2.35. The van der Waals surface area contributed by atoms with Crippen molar-refractivity contribution in [1.29, 1.82) is 0 Å². The first-order valence-electron chi connectivity index (χ1n) is 7.06. The number of carbonyl (C=O) groups excluding carboxylic acids is 1. The second kappa shape index (κ2) is 6.35. The Kier molecular flexibility index (Phi) is 4.10. The van der Waals surface area contributed by atoms with Crippen LogP contribution in [-0.4, -0.2) is 10.9 Å². The van der Waals surface area contributed by atoms with E-state index in [-0.39, 0.29) is 12.3 Å². The molecule has 0 aliphatic carbocycles. The molecule has 0 spiro atoms. The number of anilines is 1. The van der Waals surface area contributed by atoms with Crippen molar-refractivity contribution < 1.29 is 9.18 Å². The number of amides is 1. The molecule has 1 N–H and O–H groups in total. The van der Waals surface area contributed by atoms with Gasteiger partial charge in [-0.1, -0.05) is 48.5 Å². The number of rotatable bonds is 4. The van der Waals surface area contributed by atoms with Crippen molar-refractivity contribution in [3.8, 4) is 0 Å². The van der Waals surface area contributed by atoms with E-state index < -0.39 is 6.17 Å². The van der Waals surface area contributed by atoms with E-state index in [9.17, 15) is 9.18 Å². The van der Waals surface area contributed by atoms with Crippen molar-refractivity contribution in [2.24, 2.45) is 0 Å². The van der Waals surface area contributed by atoms with Crippen molar-refractivity contribution in [2.75, 3.05) is 5.32 Å². The summed E-state index contributed by atoms with van der Waals surface area (Å²) in [5.41, 5.74) is 1.81. The van der Waals surface area contributed by atoms with Crippen LogP contribution in [0.4, 0.5) is 10.1 Å². The van der Waals surface area contributed by atoms with Crippen molar-refractivity contribution in [2.45, 2.75) is 12.6 Å². The normalized spacial score (nSPS) is 12.0. The molecule has 1 heterocycles. The zero-order valence-electron chi connectivity index (χ0n) is 11.9. The van der Waals surface area contributed by atoms with Gasteiger partial charge in [-0.15, -0.1) is 0 Å². The molecule has 1 unspecified atom stereocenters. The third kappa shape index (κ3) is 3.11. The molecule has 0 saturated heterocycles.